The van der Waals surface area contributed by atoms with Crippen molar-refractivity contribution < 1.29 is 0 Å². The standard InChI is InChI=1S/C19H39NSi/c1-5-9-10-11-12-13-14-15-17-20-18-16-19-21(6-2,7-3)8-4/h6,18H,2,5,7-17,19H2,1,3-4H3. The Morgan fingerprint density at radius 3 is 1.95 bits per heavy atom. The molecule has 0 aromatic rings. The van der Waals surface area contributed by atoms with E-state index in [9.17, 15) is 0 Å². The highest BCUT2D eigenvalue weighted by Crippen LogP contribution is 2.22. The summed E-state index contributed by atoms with van der Waals surface area (Å²) in [5.74, 6) is 0. The minimum absolute atomic E-state index is 1.04. The molecule has 0 aliphatic rings. The number of rotatable bonds is 15. The molecule has 0 atom stereocenters. The summed E-state index contributed by atoms with van der Waals surface area (Å²) in [6.07, 6.45) is 14.4. The Morgan fingerprint density at radius 2 is 1.43 bits per heavy atom. The molecule has 21 heavy (non-hydrogen) atoms. The molecule has 0 saturated heterocycles. The lowest BCUT2D eigenvalue weighted by Crippen LogP contribution is -2.29. The van der Waals surface area contributed by atoms with E-state index in [0.29, 0.717) is 0 Å². The largest absolute Gasteiger partial charge is 0.298 e. The van der Waals surface area contributed by atoms with Crippen LogP contribution in [0.15, 0.2) is 17.3 Å². The van der Waals surface area contributed by atoms with Crippen molar-refractivity contribution in [2.45, 2.75) is 96.7 Å². The number of aliphatic imine (C=N–C) groups is 1. The van der Waals surface area contributed by atoms with Crippen LogP contribution in [-0.4, -0.2) is 20.8 Å². The van der Waals surface area contributed by atoms with Crippen molar-refractivity contribution in [3.8, 4) is 0 Å². The van der Waals surface area contributed by atoms with Crippen molar-refractivity contribution in [1.29, 1.82) is 0 Å². The lowest BCUT2D eigenvalue weighted by atomic mass is 10.1. The van der Waals surface area contributed by atoms with Crippen LogP contribution in [0.5, 0.6) is 0 Å². The summed E-state index contributed by atoms with van der Waals surface area (Å²) in [7, 11) is -1.14. The van der Waals surface area contributed by atoms with E-state index in [1.807, 2.05) is 0 Å². The zero-order valence-corrected chi connectivity index (χ0v) is 16.0. The van der Waals surface area contributed by atoms with E-state index in [0.717, 1.165) is 13.0 Å². The van der Waals surface area contributed by atoms with Gasteiger partial charge in [-0.3, -0.25) is 4.99 Å². The van der Waals surface area contributed by atoms with Crippen LogP contribution in [-0.2, 0) is 0 Å². The lowest BCUT2D eigenvalue weighted by molar-refractivity contribution is 0.578. The van der Waals surface area contributed by atoms with Crippen molar-refractivity contribution in [2.75, 3.05) is 6.54 Å². The minimum atomic E-state index is -1.14. The normalized spacial score (nSPS) is 12.1. The van der Waals surface area contributed by atoms with Gasteiger partial charge in [-0.2, -0.15) is 0 Å². The van der Waals surface area contributed by atoms with E-state index >= 15 is 0 Å². The zero-order chi connectivity index (χ0) is 15.8. The second-order valence-corrected chi connectivity index (χ2v) is 11.4. The van der Waals surface area contributed by atoms with E-state index in [1.165, 1.54) is 69.5 Å². The topological polar surface area (TPSA) is 12.4 Å². The average molecular weight is 310 g/mol. The first-order valence-corrected chi connectivity index (χ1v) is 12.1. The third-order valence-corrected chi connectivity index (χ3v) is 9.85. The Balaban J connectivity index is 3.46. The molecule has 1 nitrogen and oxygen atoms in total. The fraction of sp³-hybridized carbons (Fsp3) is 0.842. The molecule has 0 saturated carbocycles. The Morgan fingerprint density at radius 1 is 0.857 bits per heavy atom. The van der Waals surface area contributed by atoms with Crippen LogP contribution in [0.4, 0.5) is 0 Å². The van der Waals surface area contributed by atoms with Gasteiger partial charge in [0.05, 0.1) is 8.07 Å². The summed E-state index contributed by atoms with van der Waals surface area (Å²) < 4.78 is 0. The van der Waals surface area contributed by atoms with Gasteiger partial charge in [-0.05, 0) is 25.1 Å². The van der Waals surface area contributed by atoms with Gasteiger partial charge in [0.2, 0.25) is 0 Å². The number of hydrogen-bond donors (Lipinski definition) is 0. The fourth-order valence-electron chi connectivity index (χ4n) is 2.87. The molecule has 0 N–H and O–H groups in total. The first-order chi connectivity index (χ1) is 10.2. The fourth-order valence-corrected chi connectivity index (χ4v) is 5.56. The smallest absolute Gasteiger partial charge is 0.0768 e. The van der Waals surface area contributed by atoms with Gasteiger partial charge >= 0.3 is 0 Å². The Hall–Kier alpha value is -0.373. The van der Waals surface area contributed by atoms with Gasteiger partial charge in [0.25, 0.3) is 0 Å². The summed E-state index contributed by atoms with van der Waals surface area (Å²) in [4.78, 5) is 4.59. The van der Waals surface area contributed by atoms with E-state index in [1.54, 1.807) is 0 Å². The Kier molecular flexibility index (Phi) is 14.3. The third kappa shape index (κ3) is 10.9. The SMILES string of the molecule is C=C[Si](CC)(CC)CCC=NCCCCCCCCCC. The van der Waals surface area contributed by atoms with Gasteiger partial charge in [-0.25, -0.2) is 0 Å². The molecule has 124 valence electrons. The number of unbranched alkanes of at least 4 members (excludes halogenated alkanes) is 7. The predicted molar refractivity (Wildman–Crippen MR) is 102 cm³/mol. The molecular weight excluding hydrogens is 270 g/mol. The molecule has 0 bridgehead atoms. The quantitative estimate of drug-likeness (QED) is 0.179. The Labute approximate surface area is 135 Å². The van der Waals surface area contributed by atoms with Crippen LogP contribution in [0.2, 0.25) is 18.1 Å². The van der Waals surface area contributed by atoms with Gasteiger partial charge < -0.3 is 0 Å². The maximum absolute atomic E-state index is 4.59. The van der Waals surface area contributed by atoms with Crippen molar-refractivity contribution in [3.05, 3.63) is 12.3 Å². The van der Waals surface area contributed by atoms with E-state index in [2.05, 4.69) is 44.3 Å². The molecule has 0 radical (unpaired) electrons. The predicted octanol–water partition coefficient (Wildman–Crippen LogP) is 6.80. The van der Waals surface area contributed by atoms with E-state index < -0.39 is 8.07 Å². The van der Waals surface area contributed by atoms with E-state index in [4.69, 9.17) is 0 Å². The van der Waals surface area contributed by atoms with Gasteiger partial charge in [0.1, 0.15) is 0 Å². The van der Waals surface area contributed by atoms with Crippen LogP contribution in [0.25, 0.3) is 0 Å². The van der Waals surface area contributed by atoms with Crippen molar-refractivity contribution in [1.82, 2.24) is 0 Å². The minimum Gasteiger partial charge on any atom is -0.298 e. The van der Waals surface area contributed by atoms with Crippen LogP contribution in [0.3, 0.4) is 0 Å². The maximum Gasteiger partial charge on any atom is 0.0768 e. The molecular formula is C19H39NSi. The molecule has 0 aliphatic heterocycles. The first-order valence-electron chi connectivity index (χ1n) is 9.36. The zero-order valence-electron chi connectivity index (χ0n) is 15.0. The number of hydrogen-bond acceptors (Lipinski definition) is 1. The lowest BCUT2D eigenvalue weighted by Gasteiger charge is -2.24. The Bertz CT molecular complexity index is 256. The average Bonchev–Trinajstić information content (AvgIpc) is 2.53. The van der Waals surface area contributed by atoms with Gasteiger partial charge in [-0.15, -0.1) is 12.3 Å². The van der Waals surface area contributed by atoms with Crippen LogP contribution >= 0.6 is 0 Å². The van der Waals surface area contributed by atoms with E-state index in [-0.39, 0.29) is 0 Å². The van der Waals surface area contributed by atoms with Crippen molar-refractivity contribution in [3.63, 3.8) is 0 Å². The monoisotopic (exact) mass is 309 g/mol. The summed E-state index contributed by atoms with van der Waals surface area (Å²) >= 11 is 0. The summed E-state index contributed by atoms with van der Waals surface area (Å²) in [6.45, 7) is 12.0. The van der Waals surface area contributed by atoms with Crippen LogP contribution in [0.1, 0.15) is 78.6 Å². The van der Waals surface area contributed by atoms with Crippen molar-refractivity contribution >= 4 is 14.3 Å². The summed E-state index contributed by atoms with van der Waals surface area (Å²) in [5.41, 5.74) is 2.29. The van der Waals surface area contributed by atoms with Gasteiger partial charge in [0.15, 0.2) is 0 Å². The molecule has 0 aliphatic carbocycles. The molecule has 0 rings (SSSR count). The second kappa shape index (κ2) is 14.6. The molecule has 0 aromatic carbocycles. The first kappa shape index (κ1) is 20.6. The molecule has 0 amide bonds. The molecule has 0 aromatic heterocycles. The highest BCUT2D eigenvalue weighted by Gasteiger charge is 2.23. The molecule has 0 heterocycles. The highest BCUT2D eigenvalue weighted by atomic mass is 28.3. The van der Waals surface area contributed by atoms with Gasteiger partial charge in [-0.1, -0.05) is 77.8 Å². The molecule has 2 heteroatoms. The molecule has 0 spiro atoms. The van der Waals surface area contributed by atoms with Crippen LogP contribution in [0, 0.1) is 0 Å². The summed E-state index contributed by atoms with van der Waals surface area (Å²) in [5, 5.41) is 0. The van der Waals surface area contributed by atoms with Crippen molar-refractivity contribution in [2.24, 2.45) is 4.99 Å². The second-order valence-electron chi connectivity index (χ2n) is 6.38. The number of nitrogens with zero attached hydrogens (tertiary/aromatic N) is 1. The van der Waals surface area contributed by atoms with Gasteiger partial charge in [0, 0.05) is 6.54 Å². The molecule has 0 fully saturated rings. The summed E-state index contributed by atoms with van der Waals surface area (Å²) in [6, 6.07) is 4.00. The third-order valence-electron chi connectivity index (χ3n) is 4.88. The highest BCUT2D eigenvalue weighted by molar-refractivity contribution is 6.84. The molecule has 0 unspecified atom stereocenters. The van der Waals surface area contributed by atoms with Crippen LogP contribution < -0.4 is 0 Å². The maximum atomic E-state index is 4.59.